The molecule has 14 atom stereocenters. The number of carboxylic acids is 2. The van der Waals surface area contributed by atoms with Crippen LogP contribution in [-0.4, -0.2) is 274 Å². The lowest BCUT2D eigenvalue weighted by molar-refractivity contribution is -0.142. The molecule has 0 unspecified atom stereocenters. The third-order valence-electron chi connectivity index (χ3n) is 21.2. The molecule has 4 heterocycles. The van der Waals surface area contributed by atoms with Crippen LogP contribution in [0, 0.1) is 5.92 Å². The largest absolute Gasteiger partial charge is 0.508 e. The number of amides is 16. The summed E-state index contributed by atoms with van der Waals surface area (Å²) in [6.07, 6.45) is 2.14. The Labute approximate surface area is 734 Å². The summed E-state index contributed by atoms with van der Waals surface area (Å²) >= 11 is 0. The zero-order chi connectivity index (χ0) is 93.6. The molecule has 6 aromatic rings. The number of carbonyl (C=O) groups is 18. The minimum Gasteiger partial charge on any atom is -0.508 e. The van der Waals surface area contributed by atoms with Crippen molar-refractivity contribution in [3.63, 3.8) is 0 Å². The highest BCUT2D eigenvalue weighted by atomic mass is 16.4. The first-order chi connectivity index (χ1) is 60.8. The fourth-order valence-corrected chi connectivity index (χ4v) is 14.4. The summed E-state index contributed by atoms with van der Waals surface area (Å²) in [5.74, 6) is -18.3. The molecule has 4 aromatic carbocycles. The molecule has 43 nitrogen and oxygen atoms in total. The number of likely N-dealkylation sites (tertiary alicyclic amines) is 2. The SMILES string of the molecule is CC(C)C[C@H](NC(=O)[C@H](C)NC(=O)[C@@H]1CCCN1C(=O)[C@H](Cc1ccc(O)cc1)NC(=O)[C@H](CC(N)=O)NC(=O)CNC(=O)[C@@H]1CCCN1C(=O)[C@H](C)NC(=O)[C@H](Cc1ccccc1)NC(=O)[C@H](CCC(=O)O)NC(=O)CNC(=O)[C@@H](N)Cc1c[nH]cn1)C(=O)N[C@@H](Cc1c[nH]c2ccccc12)C(=O)N[C@@H](CO)C(=O)N[C@@H](Cc1ccc(O)cc1)C(=O)N[C@@H](C)C(=O)O. The van der Waals surface area contributed by atoms with Gasteiger partial charge in [0.15, 0.2) is 0 Å². The van der Waals surface area contributed by atoms with Gasteiger partial charge in [0.2, 0.25) is 94.5 Å². The van der Waals surface area contributed by atoms with E-state index in [9.17, 15) is 112 Å². The molecule has 8 rings (SSSR count). The van der Waals surface area contributed by atoms with E-state index in [0.717, 1.165) is 9.80 Å². The Morgan fingerprint density at radius 1 is 0.469 bits per heavy atom. The van der Waals surface area contributed by atoms with Gasteiger partial charge < -0.3 is 126 Å². The van der Waals surface area contributed by atoms with Crippen molar-refractivity contribution >= 4 is 117 Å². The Bertz CT molecular complexity index is 4960. The van der Waals surface area contributed by atoms with Crippen molar-refractivity contribution in [1.82, 2.24) is 93.9 Å². The molecular formula is C85H110N20O23. The number of nitrogens with two attached hydrogens (primary N) is 2. The number of hydrogen-bond acceptors (Lipinski definition) is 23. The van der Waals surface area contributed by atoms with Crippen LogP contribution in [0.15, 0.2) is 122 Å². The number of carbonyl (C=O) groups excluding carboxylic acids is 16. The molecule has 128 heavy (non-hydrogen) atoms. The van der Waals surface area contributed by atoms with Gasteiger partial charge in [-0.2, -0.15) is 0 Å². The second-order valence-corrected chi connectivity index (χ2v) is 31.7. The van der Waals surface area contributed by atoms with Crippen molar-refractivity contribution in [1.29, 1.82) is 0 Å². The van der Waals surface area contributed by atoms with Crippen molar-refractivity contribution in [2.24, 2.45) is 17.4 Å². The minimum absolute atomic E-state index is 0.00729. The van der Waals surface area contributed by atoms with Gasteiger partial charge in [-0.3, -0.25) is 86.3 Å². The number of fused-ring (bicyclic) bond motifs is 1. The van der Waals surface area contributed by atoms with Crippen LogP contribution in [0.3, 0.4) is 0 Å². The average molecular weight is 1780 g/mol. The topological polar surface area (TPSA) is 668 Å². The molecule has 43 heteroatoms. The second kappa shape index (κ2) is 47.6. The fourth-order valence-electron chi connectivity index (χ4n) is 14.4. The van der Waals surface area contributed by atoms with Gasteiger partial charge in [-0.25, -0.2) is 4.98 Å². The summed E-state index contributed by atoms with van der Waals surface area (Å²) in [7, 11) is 0. The number of aromatic hydroxyl groups is 2. The highest BCUT2D eigenvalue weighted by Gasteiger charge is 2.43. The lowest BCUT2D eigenvalue weighted by Crippen LogP contribution is -2.61. The molecule has 24 N–H and O–H groups in total. The first kappa shape index (κ1) is 99.0. The lowest BCUT2D eigenvalue weighted by atomic mass is 10.00. The molecular weight excluding hydrogens is 1670 g/mol. The van der Waals surface area contributed by atoms with E-state index in [0.29, 0.717) is 38.9 Å². The normalized spacial score (nSPS) is 16.3. The molecule has 2 saturated heterocycles. The molecule has 16 amide bonds. The van der Waals surface area contributed by atoms with Crippen LogP contribution >= 0.6 is 0 Å². The second-order valence-electron chi connectivity index (χ2n) is 31.7. The van der Waals surface area contributed by atoms with E-state index in [1.807, 2.05) is 0 Å². The summed E-state index contributed by atoms with van der Waals surface area (Å²) in [5, 5.41) is 82.6. The summed E-state index contributed by atoms with van der Waals surface area (Å²) in [6, 6.07) is 5.75. The van der Waals surface area contributed by atoms with Crippen molar-refractivity contribution in [3.05, 3.63) is 150 Å². The van der Waals surface area contributed by atoms with Gasteiger partial charge in [0.1, 0.15) is 90.0 Å². The van der Waals surface area contributed by atoms with E-state index in [-0.39, 0.29) is 94.7 Å². The molecule has 0 radical (unpaired) electrons. The van der Waals surface area contributed by atoms with E-state index >= 15 is 0 Å². The Kier molecular flexibility index (Phi) is 36.9. The predicted octanol–water partition coefficient (Wildman–Crippen LogP) is -4.39. The van der Waals surface area contributed by atoms with E-state index in [1.54, 1.807) is 74.6 Å². The molecule has 0 bridgehead atoms. The minimum atomic E-state index is -1.82. The van der Waals surface area contributed by atoms with Gasteiger partial charge >= 0.3 is 11.9 Å². The number of hydrogen-bond donors (Lipinski definition) is 22. The molecule has 2 aliphatic rings. The van der Waals surface area contributed by atoms with E-state index in [1.165, 1.54) is 81.8 Å². The smallest absolute Gasteiger partial charge is 0.325 e. The van der Waals surface area contributed by atoms with Crippen LogP contribution in [0.5, 0.6) is 11.5 Å². The average Bonchev–Trinajstić information content (AvgIpc) is 1.56. The number of aliphatic hydroxyl groups is 1. The van der Waals surface area contributed by atoms with E-state index in [4.69, 9.17) is 11.5 Å². The number of aromatic nitrogens is 3. The Morgan fingerprint density at radius 2 is 0.945 bits per heavy atom. The maximum atomic E-state index is 15.0. The molecule has 0 saturated carbocycles. The number of aliphatic carboxylic acids is 2. The van der Waals surface area contributed by atoms with Gasteiger partial charge in [0.05, 0.1) is 44.2 Å². The van der Waals surface area contributed by atoms with Crippen molar-refractivity contribution in [2.45, 2.75) is 203 Å². The van der Waals surface area contributed by atoms with Gasteiger partial charge in [0, 0.05) is 74.9 Å². The number of phenolic OH excluding ortho intramolecular Hbond substituents is 2. The number of H-pyrrole nitrogens is 2. The van der Waals surface area contributed by atoms with Crippen molar-refractivity contribution < 1.29 is 112 Å². The van der Waals surface area contributed by atoms with E-state index < -0.39 is 230 Å². The first-order valence-corrected chi connectivity index (χ1v) is 41.6. The zero-order valence-electron chi connectivity index (χ0n) is 71.0. The maximum absolute atomic E-state index is 15.0. The number of nitrogens with one attached hydrogen (secondary N) is 15. The third-order valence-corrected chi connectivity index (χ3v) is 21.2. The van der Waals surface area contributed by atoms with Crippen LogP contribution < -0.4 is 80.6 Å². The van der Waals surface area contributed by atoms with Crippen LogP contribution in [0.25, 0.3) is 10.9 Å². The van der Waals surface area contributed by atoms with Crippen LogP contribution in [0.4, 0.5) is 0 Å². The highest BCUT2D eigenvalue weighted by molar-refractivity contribution is 6.02. The molecule has 2 fully saturated rings. The molecule has 688 valence electrons. The Balaban J connectivity index is 0.890. The quantitative estimate of drug-likeness (QED) is 0.0172. The lowest BCUT2D eigenvalue weighted by Gasteiger charge is -2.30. The summed E-state index contributed by atoms with van der Waals surface area (Å²) in [4.78, 5) is 259. The number of primary amides is 1. The molecule has 2 aromatic heterocycles. The van der Waals surface area contributed by atoms with Crippen molar-refractivity contribution in [3.8, 4) is 11.5 Å². The Morgan fingerprint density at radius 3 is 1.51 bits per heavy atom. The number of carboxylic acid groups (broad SMARTS) is 2. The standard InChI is InChI=1S/C85H110N20O23/c1-44(2)31-59(77(119)101-62(35-51-38-89-57-16-10-9-15-55(51)57)78(120)103-65(42-106)80(122)100-61(76(118)95-47(5)85(127)128)33-49-19-23-53(107)24-20-49)98-72(114)45(3)93-82(124)67-18-12-30-105(67)84(126)64(34-50-21-25-54(108)26-22-50)102-79(121)63(37-68(87)109)97-70(111)41-91-81(123)66-17-11-29-104(66)83(125)46(4)94-75(117)60(32-48-13-7-6-8-14-48)99-74(116)58(27-28-71(112)113)96-69(110)40-90-73(115)56(86)36-52-39-88-43-92-52/h6-10,13-16,19-26,38-39,43-47,56,58-67,89,106-108H,11-12,17-18,27-37,40-42,86H2,1-5H3,(H2,87,109)(H,88,92)(H,90,115)(H,91,123)(H,93,124)(H,94,117)(H,95,118)(H,96,110)(H,97,111)(H,98,114)(H,99,116)(H,100,122)(H,101,119)(H,102,121)(H,103,120)(H,112,113)(H,127,128)/t45-,46-,47-,56-,58-,59-,60-,61-,62-,63-,64-,65-,66-,67-/m0/s1. The van der Waals surface area contributed by atoms with Gasteiger partial charge in [-0.05, 0) is 118 Å². The Hall–Kier alpha value is -14.4. The van der Waals surface area contributed by atoms with Crippen LogP contribution in [0.1, 0.15) is 114 Å². The third kappa shape index (κ3) is 29.9. The molecule has 0 aliphatic carbocycles. The number of rotatable bonds is 47. The maximum Gasteiger partial charge on any atom is 0.325 e. The predicted molar refractivity (Wildman–Crippen MR) is 455 cm³/mol. The van der Waals surface area contributed by atoms with Crippen molar-refractivity contribution in [2.75, 3.05) is 32.8 Å². The van der Waals surface area contributed by atoms with Crippen LogP contribution in [0.2, 0.25) is 0 Å². The number of imidazole rings is 1. The number of phenols is 2. The van der Waals surface area contributed by atoms with Gasteiger partial charge in [0.25, 0.3) is 0 Å². The van der Waals surface area contributed by atoms with Crippen LogP contribution in [-0.2, 0) is 118 Å². The molecule has 2 aliphatic heterocycles. The zero-order valence-corrected chi connectivity index (χ0v) is 71.0. The van der Waals surface area contributed by atoms with Gasteiger partial charge in [-0.1, -0.05) is 86.6 Å². The fraction of sp³-hybridized carbons (Fsp3) is 0.447. The number of aromatic amines is 2. The summed E-state index contributed by atoms with van der Waals surface area (Å²) < 4.78 is 0. The summed E-state index contributed by atoms with van der Waals surface area (Å²) in [6.45, 7) is 4.62. The number of para-hydroxylation sites is 1. The number of benzene rings is 4. The highest BCUT2D eigenvalue weighted by Crippen LogP contribution is 2.25. The first-order valence-electron chi connectivity index (χ1n) is 41.6. The summed E-state index contributed by atoms with van der Waals surface area (Å²) in [5.41, 5.74) is 14.5. The monoisotopic (exact) mass is 1780 g/mol. The molecule has 0 spiro atoms. The number of nitrogens with zero attached hydrogens (tertiary/aromatic N) is 3. The van der Waals surface area contributed by atoms with Gasteiger partial charge in [-0.15, -0.1) is 0 Å². The van der Waals surface area contributed by atoms with E-state index in [2.05, 4.69) is 84.1 Å². The number of aliphatic hydroxyl groups excluding tert-OH is 1.